The highest BCUT2D eigenvalue weighted by Gasteiger charge is 2.28. The first-order chi connectivity index (χ1) is 8.28. The summed E-state index contributed by atoms with van der Waals surface area (Å²) in [5, 5.41) is 3.28. The van der Waals surface area contributed by atoms with E-state index in [1.54, 1.807) is 4.90 Å². The van der Waals surface area contributed by atoms with Gasteiger partial charge in [-0.1, -0.05) is 0 Å². The minimum Gasteiger partial charge on any atom is -0.372 e. The van der Waals surface area contributed by atoms with Crippen molar-refractivity contribution in [2.24, 2.45) is 0 Å². The molecule has 1 amide bonds. The lowest BCUT2D eigenvalue weighted by molar-refractivity contribution is -0.175. The summed E-state index contributed by atoms with van der Waals surface area (Å²) in [6.45, 7) is 3.62. The average molecular weight is 268 g/mol. The number of nitrogens with one attached hydrogen (secondary N) is 1. The number of nitrogens with zero attached hydrogens (tertiary/aromatic N) is 1. The van der Waals surface area contributed by atoms with E-state index in [0.717, 1.165) is 0 Å². The van der Waals surface area contributed by atoms with E-state index in [1.807, 2.05) is 13.8 Å². The van der Waals surface area contributed by atoms with Crippen molar-refractivity contribution in [2.45, 2.75) is 38.5 Å². The van der Waals surface area contributed by atoms with E-state index in [9.17, 15) is 18.0 Å². The van der Waals surface area contributed by atoms with Crippen molar-refractivity contribution in [1.82, 2.24) is 10.2 Å². The Labute approximate surface area is 104 Å². The Morgan fingerprint density at radius 3 is 2.39 bits per heavy atom. The highest BCUT2D eigenvalue weighted by Crippen LogP contribution is 2.14. The van der Waals surface area contributed by atoms with Crippen LogP contribution in [0, 0.1) is 0 Å². The van der Waals surface area contributed by atoms with Gasteiger partial charge < -0.3 is 15.0 Å². The van der Waals surface area contributed by atoms with Crippen LogP contribution in [0.2, 0.25) is 0 Å². The highest BCUT2D eigenvalue weighted by atomic mass is 19.4. The van der Waals surface area contributed by atoms with Gasteiger partial charge in [-0.25, -0.2) is 0 Å². The third-order valence-electron chi connectivity index (χ3n) is 2.64. The monoisotopic (exact) mass is 268 g/mol. The number of carbonyl (C=O) groups excluding carboxylic acids is 1. The van der Waals surface area contributed by atoms with Gasteiger partial charge in [-0.15, -0.1) is 0 Å². The second-order valence-corrected chi connectivity index (χ2v) is 4.69. The Morgan fingerprint density at radius 1 is 1.33 bits per heavy atom. The van der Waals surface area contributed by atoms with Gasteiger partial charge in [0.15, 0.2) is 0 Å². The first-order valence-corrected chi connectivity index (χ1v) is 5.96. The lowest BCUT2D eigenvalue weighted by Gasteiger charge is -2.36. The van der Waals surface area contributed by atoms with Gasteiger partial charge >= 0.3 is 6.18 Å². The van der Waals surface area contributed by atoms with E-state index >= 15 is 0 Å². The summed E-state index contributed by atoms with van der Waals surface area (Å²) < 4.78 is 39.9. The van der Waals surface area contributed by atoms with Gasteiger partial charge in [-0.05, 0) is 13.8 Å². The third-order valence-corrected chi connectivity index (χ3v) is 2.64. The maximum absolute atomic E-state index is 11.8. The topological polar surface area (TPSA) is 41.6 Å². The lowest BCUT2D eigenvalue weighted by atomic mass is 10.1. The largest absolute Gasteiger partial charge is 0.411 e. The molecular formula is C11H19F3N2O2. The molecule has 1 N–H and O–H groups in total. The Bertz CT molecular complexity index is 274. The van der Waals surface area contributed by atoms with Gasteiger partial charge in [0.05, 0.1) is 13.0 Å². The smallest absolute Gasteiger partial charge is 0.372 e. The van der Waals surface area contributed by atoms with Gasteiger partial charge in [-0.2, -0.15) is 13.2 Å². The van der Waals surface area contributed by atoms with Crippen LogP contribution in [-0.4, -0.2) is 55.4 Å². The fourth-order valence-corrected chi connectivity index (χ4v) is 2.04. The molecule has 4 nitrogen and oxygen atoms in total. The molecule has 7 heteroatoms. The van der Waals surface area contributed by atoms with Crippen molar-refractivity contribution in [3.05, 3.63) is 0 Å². The maximum Gasteiger partial charge on any atom is 0.411 e. The van der Waals surface area contributed by atoms with Crippen LogP contribution in [0.3, 0.4) is 0 Å². The van der Waals surface area contributed by atoms with Crippen LogP contribution >= 0.6 is 0 Å². The van der Waals surface area contributed by atoms with Crippen molar-refractivity contribution in [3.63, 3.8) is 0 Å². The van der Waals surface area contributed by atoms with Gasteiger partial charge in [0.25, 0.3) is 0 Å². The molecule has 106 valence electrons. The molecule has 0 aliphatic carbocycles. The zero-order valence-electron chi connectivity index (χ0n) is 10.6. The first-order valence-electron chi connectivity index (χ1n) is 5.96. The molecule has 1 rings (SSSR count). The second-order valence-electron chi connectivity index (χ2n) is 4.69. The normalized spacial score (nSPS) is 25.3. The van der Waals surface area contributed by atoms with Crippen LogP contribution in [0.25, 0.3) is 0 Å². The standard InChI is InChI=1S/C11H19F3N2O2/c1-8-5-16(6-9(2)15-8)10(17)3-4-18-7-11(12,13)14/h8-9,15H,3-7H2,1-2H3/t8-,9+. The molecule has 18 heavy (non-hydrogen) atoms. The predicted octanol–water partition coefficient (Wildman–Crippen LogP) is 1.16. The van der Waals surface area contributed by atoms with Gasteiger partial charge in [0.2, 0.25) is 5.91 Å². The van der Waals surface area contributed by atoms with E-state index < -0.39 is 12.8 Å². The van der Waals surface area contributed by atoms with Gasteiger partial charge in [0.1, 0.15) is 6.61 Å². The Morgan fingerprint density at radius 2 is 1.89 bits per heavy atom. The average Bonchev–Trinajstić information content (AvgIpc) is 2.21. The molecule has 0 spiro atoms. The quantitative estimate of drug-likeness (QED) is 0.778. The lowest BCUT2D eigenvalue weighted by Crippen LogP contribution is -2.55. The summed E-state index contributed by atoms with van der Waals surface area (Å²) in [6.07, 6.45) is -4.34. The zero-order valence-corrected chi connectivity index (χ0v) is 10.6. The molecule has 0 aromatic heterocycles. The molecule has 1 heterocycles. The Balaban J connectivity index is 2.24. The molecule has 0 radical (unpaired) electrons. The molecule has 0 unspecified atom stereocenters. The van der Waals surface area contributed by atoms with E-state index in [-0.39, 0.29) is 31.0 Å². The third kappa shape index (κ3) is 5.68. The molecule has 1 aliphatic heterocycles. The molecule has 2 atom stereocenters. The number of piperazine rings is 1. The van der Waals surface area contributed by atoms with Crippen molar-refractivity contribution in [1.29, 1.82) is 0 Å². The number of carbonyl (C=O) groups is 1. The second kappa shape index (κ2) is 6.38. The van der Waals surface area contributed by atoms with E-state index in [0.29, 0.717) is 13.1 Å². The Hall–Kier alpha value is -0.820. The first kappa shape index (κ1) is 15.2. The number of amides is 1. The predicted molar refractivity (Wildman–Crippen MR) is 60.1 cm³/mol. The summed E-state index contributed by atoms with van der Waals surface area (Å²) in [5.41, 5.74) is 0. The maximum atomic E-state index is 11.8. The van der Waals surface area contributed by atoms with E-state index in [1.165, 1.54) is 0 Å². The summed E-state index contributed by atoms with van der Waals surface area (Å²) in [6, 6.07) is 0.405. The van der Waals surface area contributed by atoms with Crippen LogP contribution in [-0.2, 0) is 9.53 Å². The van der Waals surface area contributed by atoms with Crippen LogP contribution in [0.4, 0.5) is 13.2 Å². The molecule has 0 aromatic rings. The van der Waals surface area contributed by atoms with E-state index in [2.05, 4.69) is 10.1 Å². The number of halogens is 3. The van der Waals surface area contributed by atoms with Crippen molar-refractivity contribution >= 4 is 5.91 Å². The summed E-state index contributed by atoms with van der Waals surface area (Å²) in [7, 11) is 0. The summed E-state index contributed by atoms with van der Waals surface area (Å²) >= 11 is 0. The van der Waals surface area contributed by atoms with Gasteiger partial charge in [0, 0.05) is 25.2 Å². The molecule has 0 bridgehead atoms. The number of alkyl halides is 3. The fourth-order valence-electron chi connectivity index (χ4n) is 2.04. The number of rotatable bonds is 4. The van der Waals surface area contributed by atoms with Crippen molar-refractivity contribution < 1.29 is 22.7 Å². The van der Waals surface area contributed by atoms with E-state index in [4.69, 9.17) is 0 Å². The minimum absolute atomic E-state index is 0.00444. The number of ether oxygens (including phenoxy) is 1. The number of hydrogen-bond donors (Lipinski definition) is 1. The van der Waals surface area contributed by atoms with Gasteiger partial charge in [-0.3, -0.25) is 4.79 Å². The molecule has 1 aliphatic rings. The van der Waals surface area contributed by atoms with Crippen LogP contribution in [0.15, 0.2) is 0 Å². The highest BCUT2D eigenvalue weighted by molar-refractivity contribution is 5.76. The van der Waals surface area contributed by atoms with Crippen LogP contribution in [0.5, 0.6) is 0 Å². The molecule has 0 saturated carbocycles. The zero-order chi connectivity index (χ0) is 13.8. The minimum atomic E-state index is -4.33. The molecular weight excluding hydrogens is 249 g/mol. The van der Waals surface area contributed by atoms with Crippen molar-refractivity contribution in [3.8, 4) is 0 Å². The van der Waals surface area contributed by atoms with Crippen LogP contribution in [0.1, 0.15) is 20.3 Å². The number of hydrogen-bond acceptors (Lipinski definition) is 3. The van der Waals surface area contributed by atoms with Crippen molar-refractivity contribution in [2.75, 3.05) is 26.3 Å². The molecule has 0 aromatic carbocycles. The molecule has 1 saturated heterocycles. The summed E-state index contributed by atoms with van der Waals surface area (Å²) in [5.74, 6) is -0.155. The molecule has 1 fully saturated rings. The SMILES string of the molecule is C[C@@H]1CN(C(=O)CCOCC(F)(F)F)C[C@H](C)N1. The fraction of sp³-hybridized carbons (Fsp3) is 0.909. The summed E-state index contributed by atoms with van der Waals surface area (Å²) in [4.78, 5) is 13.4. The van der Waals surface area contributed by atoms with Crippen LogP contribution < -0.4 is 5.32 Å². The Kier molecular flexibility index (Phi) is 5.40.